The Morgan fingerprint density at radius 1 is 1.20 bits per heavy atom. The summed E-state index contributed by atoms with van der Waals surface area (Å²) in [7, 11) is 1.71. The Morgan fingerprint density at radius 2 is 1.85 bits per heavy atom. The van der Waals surface area contributed by atoms with Gasteiger partial charge in [0.25, 0.3) is 0 Å². The van der Waals surface area contributed by atoms with E-state index in [2.05, 4.69) is 15.9 Å². The van der Waals surface area contributed by atoms with Gasteiger partial charge in [-0.15, -0.1) is 0 Å². The molecule has 1 aromatic rings. The minimum atomic E-state index is -0.146. The van der Waals surface area contributed by atoms with Crippen LogP contribution in [0.4, 0.5) is 0 Å². The van der Waals surface area contributed by atoms with E-state index >= 15 is 0 Å². The first kappa shape index (κ1) is 17.3. The highest BCUT2D eigenvalue weighted by atomic mass is 79.9. The second-order valence-corrected chi connectivity index (χ2v) is 6.28. The molecule has 0 spiro atoms. The van der Waals surface area contributed by atoms with Crippen LogP contribution in [-0.2, 0) is 9.47 Å². The summed E-state index contributed by atoms with van der Waals surface area (Å²) in [5.74, 6) is 0.165. The van der Waals surface area contributed by atoms with Gasteiger partial charge in [0.2, 0.25) is 0 Å². The van der Waals surface area contributed by atoms with E-state index in [1.807, 2.05) is 38.1 Å². The molecule has 0 N–H and O–H groups in total. The fourth-order valence-corrected chi connectivity index (χ4v) is 1.90. The van der Waals surface area contributed by atoms with Crippen molar-refractivity contribution >= 4 is 21.7 Å². The molecule has 4 heteroatoms. The molecule has 0 atom stereocenters. The summed E-state index contributed by atoms with van der Waals surface area (Å²) in [5, 5.41) is 0. The Labute approximate surface area is 129 Å². The number of benzene rings is 1. The van der Waals surface area contributed by atoms with Gasteiger partial charge in [0.05, 0.1) is 5.60 Å². The third-order valence-corrected chi connectivity index (χ3v) is 3.79. The number of ketones is 1. The quantitative estimate of drug-likeness (QED) is 0.497. The monoisotopic (exact) mass is 342 g/mol. The SMILES string of the molecule is COC(C)(C)CCOCCCC(=O)c1ccc(Br)cc1. The fourth-order valence-electron chi connectivity index (χ4n) is 1.64. The minimum Gasteiger partial charge on any atom is -0.381 e. The molecule has 0 aliphatic carbocycles. The molecule has 0 aliphatic heterocycles. The molecule has 0 aromatic heterocycles. The van der Waals surface area contributed by atoms with E-state index < -0.39 is 0 Å². The van der Waals surface area contributed by atoms with Crippen LogP contribution in [-0.4, -0.2) is 31.7 Å². The second-order valence-electron chi connectivity index (χ2n) is 5.36. The Hall–Kier alpha value is -0.710. The van der Waals surface area contributed by atoms with Crippen LogP contribution in [0.3, 0.4) is 0 Å². The summed E-state index contributed by atoms with van der Waals surface area (Å²) in [6.45, 7) is 5.34. The van der Waals surface area contributed by atoms with Crippen LogP contribution in [0, 0.1) is 0 Å². The van der Waals surface area contributed by atoms with Crippen molar-refractivity contribution < 1.29 is 14.3 Å². The maximum absolute atomic E-state index is 11.9. The number of carbonyl (C=O) groups excluding carboxylic acids is 1. The summed E-state index contributed by atoms with van der Waals surface area (Å²) >= 11 is 3.36. The molecule has 3 nitrogen and oxygen atoms in total. The summed E-state index contributed by atoms with van der Waals surface area (Å²) in [4.78, 5) is 11.9. The Bertz CT molecular complexity index is 412. The third-order valence-electron chi connectivity index (χ3n) is 3.26. The number of carbonyl (C=O) groups is 1. The average molecular weight is 343 g/mol. The van der Waals surface area contributed by atoms with E-state index in [1.54, 1.807) is 7.11 Å². The summed E-state index contributed by atoms with van der Waals surface area (Å²) in [5.41, 5.74) is 0.612. The Morgan fingerprint density at radius 3 is 2.45 bits per heavy atom. The third kappa shape index (κ3) is 6.64. The van der Waals surface area contributed by atoms with Crippen molar-refractivity contribution in [1.29, 1.82) is 0 Å². The lowest BCUT2D eigenvalue weighted by atomic mass is 10.1. The van der Waals surface area contributed by atoms with Gasteiger partial charge >= 0.3 is 0 Å². The Balaban J connectivity index is 2.15. The van der Waals surface area contributed by atoms with Crippen LogP contribution in [0.15, 0.2) is 28.7 Å². The zero-order valence-corrected chi connectivity index (χ0v) is 14.0. The van der Waals surface area contributed by atoms with Gasteiger partial charge in [-0.3, -0.25) is 4.79 Å². The maximum atomic E-state index is 11.9. The van der Waals surface area contributed by atoms with Crippen molar-refractivity contribution in [2.24, 2.45) is 0 Å². The van der Waals surface area contributed by atoms with Crippen molar-refractivity contribution in [3.05, 3.63) is 34.3 Å². The van der Waals surface area contributed by atoms with Gasteiger partial charge in [0.15, 0.2) is 5.78 Å². The van der Waals surface area contributed by atoms with E-state index in [0.717, 1.165) is 22.9 Å². The zero-order chi connectivity index (χ0) is 15.0. The van der Waals surface area contributed by atoms with Crippen molar-refractivity contribution in [2.45, 2.75) is 38.7 Å². The number of halogens is 1. The van der Waals surface area contributed by atoms with Crippen molar-refractivity contribution in [1.82, 2.24) is 0 Å². The molecule has 0 aliphatic rings. The maximum Gasteiger partial charge on any atom is 0.162 e. The van der Waals surface area contributed by atoms with Gasteiger partial charge in [-0.25, -0.2) is 0 Å². The van der Waals surface area contributed by atoms with E-state index in [1.165, 1.54) is 0 Å². The van der Waals surface area contributed by atoms with E-state index in [-0.39, 0.29) is 11.4 Å². The second kappa shape index (κ2) is 8.55. The van der Waals surface area contributed by atoms with Crippen LogP contribution in [0.5, 0.6) is 0 Å². The molecular weight excluding hydrogens is 320 g/mol. The molecule has 0 saturated heterocycles. The van der Waals surface area contributed by atoms with E-state index in [9.17, 15) is 4.79 Å². The highest BCUT2D eigenvalue weighted by Gasteiger charge is 2.15. The van der Waals surface area contributed by atoms with Crippen LogP contribution < -0.4 is 0 Å². The van der Waals surface area contributed by atoms with Gasteiger partial charge < -0.3 is 9.47 Å². The predicted octanol–water partition coefficient (Wildman–Crippen LogP) is 4.24. The molecule has 0 fully saturated rings. The highest BCUT2D eigenvalue weighted by Crippen LogP contribution is 2.14. The summed E-state index contributed by atoms with van der Waals surface area (Å²) in [6.07, 6.45) is 2.13. The van der Waals surface area contributed by atoms with Gasteiger partial charge in [-0.1, -0.05) is 28.1 Å². The van der Waals surface area contributed by atoms with Crippen LogP contribution >= 0.6 is 15.9 Å². The first-order valence-corrected chi connectivity index (χ1v) is 7.65. The molecule has 0 radical (unpaired) electrons. The molecule has 0 bridgehead atoms. The first-order chi connectivity index (χ1) is 9.44. The number of hydrogen-bond acceptors (Lipinski definition) is 3. The van der Waals surface area contributed by atoms with E-state index in [0.29, 0.717) is 19.6 Å². The fraction of sp³-hybridized carbons (Fsp3) is 0.562. The van der Waals surface area contributed by atoms with Crippen molar-refractivity contribution in [2.75, 3.05) is 20.3 Å². The molecule has 1 rings (SSSR count). The lowest BCUT2D eigenvalue weighted by Gasteiger charge is -2.22. The molecule has 0 unspecified atom stereocenters. The standard InChI is InChI=1S/C16H23BrO3/c1-16(2,19-3)10-12-20-11-4-5-15(18)13-6-8-14(17)9-7-13/h6-9H,4-5,10-12H2,1-3H3. The van der Waals surface area contributed by atoms with Crippen LogP contribution in [0.1, 0.15) is 43.5 Å². The first-order valence-electron chi connectivity index (χ1n) is 6.86. The number of Topliss-reactive ketones (excluding diaryl/α,β-unsaturated/α-hetero) is 1. The van der Waals surface area contributed by atoms with Gasteiger partial charge in [-0.05, 0) is 38.8 Å². The number of rotatable bonds is 9. The van der Waals surface area contributed by atoms with Crippen molar-refractivity contribution in [3.63, 3.8) is 0 Å². The molecule has 0 amide bonds. The number of hydrogen-bond donors (Lipinski definition) is 0. The lowest BCUT2D eigenvalue weighted by molar-refractivity contribution is -0.0101. The topological polar surface area (TPSA) is 35.5 Å². The van der Waals surface area contributed by atoms with Gasteiger partial charge in [0, 0.05) is 36.8 Å². The zero-order valence-electron chi connectivity index (χ0n) is 12.4. The highest BCUT2D eigenvalue weighted by molar-refractivity contribution is 9.10. The van der Waals surface area contributed by atoms with E-state index in [4.69, 9.17) is 9.47 Å². The molecule has 0 heterocycles. The largest absolute Gasteiger partial charge is 0.381 e. The lowest BCUT2D eigenvalue weighted by Crippen LogP contribution is -2.24. The number of ether oxygens (including phenoxy) is 2. The van der Waals surface area contributed by atoms with Gasteiger partial charge in [0.1, 0.15) is 0 Å². The summed E-state index contributed by atoms with van der Waals surface area (Å²) < 4.78 is 11.8. The molecule has 0 saturated carbocycles. The number of methoxy groups -OCH3 is 1. The van der Waals surface area contributed by atoms with Crippen LogP contribution in [0.25, 0.3) is 0 Å². The normalized spacial score (nSPS) is 11.6. The predicted molar refractivity (Wildman–Crippen MR) is 84.2 cm³/mol. The smallest absolute Gasteiger partial charge is 0.162 e. The molecular formula is C16H23BrO3. The van der Waals surface area contributed by atoms with Crippen LogP contribution in [0.2, 0.25) is 0 Å². The molecule has 20 heavy (non-hydrogen) atoms. The Kier molecular flexibility index (Phi) is 7.41. The van der Waals surface area contributed by atoms with Gasteiger partial charge in [-0.2, -0.15) is 0 Å². The van der Waals surface area contributed by atoms with Crippen molar-refractivity contribution in [3.8, 4) is 0 Å². The average Bonchev–Trinajstić information content (AvgIpc) is 2.43. The molecule has 112 valence electrons. The molecule has 1 aromatic carbocycles. The minimum absolute atomic E-state index is 0.146. The summed E-state index contributed by atoms with van der Waals surface area (Å²) in [6, 6.07) is 7.45.